The van der Waals surface area contributed by atoms with Gasteiger partial charge in [-0.2, -0.15) is 0 Å². The third-order valence-electron chi connectivity index (χ3n) is 9.28. The third kappa shape index (κ3) is 4.52. The first kappa shape index (κ1) is 27.0. The number of carbonyl (C=O) groups excluding carboxylic acids is 2. The summed E-state index contributed by atoms with van der Waals surface area (Å²) in [5, 5.41) is 8.73. The van der Waals surface area contributed by atoms with Crippen LogP contribution in [0.3, 0.4) is 0 Å². The molecule has 1 aliphatic carbocycles. The maximum absolute atomic E-state index is 13.4. The van der Waals surface area contributed by atoms with Crippen molar-refractivity contribution in [1.29, 1.82) is 0 Å². The summed E-state index contributed by atoms with van der Waals surface area (Å²) in [6.07, 6.45) is 1.74. The van der Waals surface area contributed by atoms with E-state index >= 15 is 0 Å². The van der Waals surface area contributed by atoms with E-state index in [0.717, 1.165) is 44.2 Å². The van der Waals surface area contributed by atoms with E-state index in [-0.39, 0.29) is 17.1 Å². The molecular formula is C44H27NO2. The van der Waals surface area contributed by atoms with E-state index < -0.39 is 0 Å². The Morgan fingerprint density at radius 3 is 1.57 bits per heavy atom. The molecule has 0 fully saturated rings. The average molecular weight is 602 g/mol. The van der Waals surface area contributed by atoms with Crippen molar-refractivity contribution >= 4 is 77.8 Å². The summed E-state index contributed by atoms with van der Waals surface area (Å²) >= 11 is 0. The minimum absolute atomic E-state index is 0.213. The van der Waals surface area contributed by atoms with Crippen LogP contribution < -0.4 is 4.90 Å². The molecule has 9 rings (SSSR count). The molecule has 8 aromatic carbocycles. The first-order valence-electron chi connectivity index (χ1n) is 15.8. The molecule has 0 aliphatic heterocycles. The van der Waals surface area contributed by atoms with E-state index in [1.54, 1.807) is 6.08 Å². The van der Waals surface area contributed by atoms with Gasteiger partial charge in [-0.25, -0.2) is 0 Å². The summed E-state index contributed by atoms with van der Waals surface area (Å²) in [6, 6.07) is 54.0. The Hall–Kier alpha value is -6.32. The van der Waals surface area contributed by atoms with Crippen molar-refractivity contribution in [3.8, 4) is 0 Å². The molecule has 0 bridgehead atoms. The smallest absolute Gasteiger partial charge is 0.197 e. The summed E-state index contributed by atoms with van der Waals surface area (Å²) in [7, 11) is 0. The van der Waals surface area contributed by atoms with Crippen molar-refractivity contribution in [2.75, 3.05) is 4.90 Å². The van der Waals surface area contributed by atoms with Crippen LogP contribution >= 0.6 is 0 Å². The molecule has 1 aliphatic rings. The lowest BCUT2D eigenvalue weighted by Gasteiger charge is -2.27. The molecule has 3 heteroatoms. The van der Waals surface area contributed by atoms with Crippen LogP contribution in [-0.4, -0.2) is 11.6 Å². The molecule has 0 amide bonds. The van der Waals surface area contributed by atoms with Gasteiger partial charge >= 0.3 is 0 Å². The molecule has 0 spiro atoms. The van der Waals surface area contributed by atoms with Gasteiger partial charge in [0.15, 0.2) is 11.6 Å². The lowest BCUT2D eigenvalue weighted by molar-refractivity contribution is 0.0990. The molecule has 0 atom stereocenters. The van der Waals surface area contributed by atoms with Gasteiger partial charge in [-0.1, -0.05) is 109 Å². The van der Waals surface area contributed by atoms with E-state index in [0.29, 0.717) is 11.1 Å². The number of hydrogen-bond acceptors (Lipinski definition) is 3. The molecule has 47 heavy (non-hydrogen) atoms. The second kappa shape index (κ2) is 10.6. The molecule has 220 valence electrons. The first-order chi connectivity index (χ1) is 23.1. The summed E-state index contributed by atoms with van der Waals surface area (Å²) in [4.78, 5) is 29.1. The molecule has 3 nitrogen and oxygen atoms in total. The molecule has 0 unspecified atom stereocenters. The number of carbonyl (C=O) groups is 2. The van der Waals surface area contributed by atoms with Gasteiger partial charge in [0.25, 0.3) is 0 Å². The number of ketones is 2. The lowest BCUT2D eigenvalue weighted by atomic mass is 10.0. The third-order valence-corrected chi connectivity index (χ3v) is 9.28. The number of hydrogen-bond donors (Lipinski definition) is 0. The quantitative estimate of drug-likeness (QED) is 0.149. The Morgan fingerprint density at radius 2 is 0.894 bits per heavy atom. The van der Waals surface area contributed by atoms with Crippen molar-refractivity contribution < 1.29 is 9.59 Å². The van der Waals surface area contributed by atoms with Crippen molar-refractivity contribution in [3.63, 3.8) is 0 Å². The van der Waals surface area contributed by atoms with E-state index in [1.165, 1.54) is 21.5 Å². The highest BCUT2D eigenvalue weighted by atomic mass is 16.2. The number of anilines is 3. The Morgan fingerprint density at radius 1 is 0.404 bits per heavy atom. The van der Waals surface area contributed by atoms with Gasteiger partial charge in [0, 0.05) is 27.9 Å². The number of allylic oxidation sites excluding steroid dienone is 1. The van der Waals surface area contributed by atoms with Gasteiger partial charge in [-0.05, 0) is 97.9 Å². The maximum Gasteiger partial charge on any atom is 0.197 e. The lowest BCUT2D eigenvalue weighted by Crippen LogP contribution is -2.10. The second-order valence-corrected chi connectivity index (χ2v) is 12.1. The highest BCUT2D eigenvalue weighted by Gasteiger charge is 2.33. The topological polar surface area (TPSA) is 37.4 Å². The zero-order valence-corrected chi connectivity index (χ0v) is 25.4. The zero-order valence-electron chi connectivity index (χ0n) is 25.4. The Balaban J connectivity index is 1.13. The number of nitrogens with zero attached hydrogens (tertiary/aromatic N) is 1. The van der Waals surface area contributed by atoms with Crippen LogP contribution in [-0.2, 0) is 0 Å². The van der Waals surface area contributed by atoms with Crippen LogP contribution in [0.2, 0.25) is 0 Å². The van der Waals surface area contributed by atoms with Gasteiger partial charge in [-0.3, -0.25) is 9.59 Å². The standard InChI is InChI=1S/C44H27NO2/c46-43-39-26-32-11-3-4-12-33(32)27-40(39)44(47)41(43)23-28-16-17-35-25-37(21-19-34(35)22-28)45(36-20-18-29-8-1-2-10-31(29)24-36)42-15-7-13-30-9-5-6-14-38(30)42/h1-27H. The number of Topliss-reactive ketones (excluding diaryl/α,β-unsaturated/α-hetero) is 2. The highest BCUT2D eigenvalue weighted by molar-refractivity contribution is 6.42. The normalized spacial score (nSPS) is 12.7. The summed E-state index contributed by atoms with van der Waals surface area (Å²) in [5.74, 6) is -0.431. The van der Waals surface area contributed by atoms with Crippen LogP contribution in [0.4, 0.5) is 17.1 Å². The van der Waals surface area contributed by atoms with Crippen LogP contribution in [0.25, 0.3) is 49.2 Å². The monoisotopic (exact) mass is 601 g/mol. The van der Waals surface area contributed by atoms with Crippen molar-refractivity contribution in [1.82, 2.24) is 0 Å². The molecule has 0 aromatic heterocycles. The fourth-order valence-corrected chi connectivity index (χ4v) is 6.93. The summed E-state index contributed by atoms with van der Waals surface area (Å²) < 4.78 is 0. The van der Waals surface area contributed by atoms with Crippen LogP contribution in [0.15, 0.2) is 163 Å². The molecule has 0 saturated carbocycles. The Labute approximate surface area is 271 Å². The second-order valence-electron chi connectivity index (χ2n) is 12.1. The fraction of sp³-hybridized carbons (Fsp3) is 0. The largest absolute Gasteiger partial charge is 0.310 e. The predicted octanol–water partition coefficient (Wildman–Crippen LogP) is 11.2. The van der Waals surface area contributed by atoms with Gasteiger partial charge in [0.1, 0.15) is 0 Å². The molecule has 8 aromatic rings. The maximum atomic E-state index is 13.4. The molecule has 0 saturated heterocycles. The van der Waals surface area contributed by atoms with Gasteiger partial charge < -0.3 is 4.90 Å². The summed E-state index contributed by atoms with van der Waals surface area (Å²) in [5.41, 5.74) is 5.21. The van der Waals surface area contributed by atoms with E-state index in [1.807, 2.05) is 48.5 Å². The SMILES string of the molecule is O=C1C(=Cc2ccc3cc(N(c4ccc5ccccc5c4)c4cccc5ccccc45)ccc3c2)C(=O)c2cc3ccccc3cc21. The number of rotatable bonds is 4. The van der Waals surface area contributed by atoms with E-state index in [4.69, 9.17) is 0 Å². The molecule has 0 radical (unpaired) electrons. The molecule has 0 heterocycles. The Bertz CT molecular complexity index is 2570. The van der Waals surface area contributed by atoms with Crippen molar-refractivity contribution in [2.45, 2.75) is 0 Å². The fourth-order valence-electron chi connectivity index (χ4n) is 6.93. The number of benzene rings is 8. The predicted molar refractivity (Wildman–Crippen MR) is 194 cm³/mol. The van der Waals surface area contributed by atoms with Crippen LogP contribution in [0, 0.1) is 0 Å². The Kier molecular flexibility index (Phi) is 6.12. The minimum atomic E-state index is -0.215. The first-order valence-corrected chi connectivity index (χ1v) is 15.8. The van der Waals surface area contributed by atoms with Crippen LogP contribution in [0.5, 0.6) is 0 Å². The number of fused-ring (bicyclic) bond motifs is 5. The van der Waals surface area contributed by atoms with Crippen LogP contribution in [0.1, 0.15) is 26.3 Å². The van der Waals surface area contributed by atoms with Crippen molar-refractivity contribution in [2.24, 2.45) is 0 Å². The van der Waals surface area contributed by atoms with E-state index in [2.05, 4.69) is 114 Å². The van der Waals surface area contributed by atoms with Crippen molar-refractivity contribution in [3.05, 3.63) is 180 Å². The molecular weight excluding hydrogens is 574 g/mol. The zero-order chi connectivity index (χ0) is 31.5. The molecule has 0 N–H and O–H groups in total. The summed E-state index contributed by atoms with van der Waals surface area (Å²) in [6.45, 7) is 0. The van der Waals surface area contributed by atoms with Gasteiger partial charge in [0.2, 0.25) is 0 Å². The van der Waals surface area contributed by atoms with E-state index in [9.17, 15) is 9.59 Å². The van der Waals surface area contributed by atoms with Gasteiger partial charge in [0.05, 0.1) is 11.3 Å². The minimum Gasteiger partial charge on any atom is -0.310 e. The average Bonchev–Trinajstić information content (AvgIpc) is 3.34. The highest BCUT2D eigenvalue weighted by Crippen LogP contribution is 2.41. The van der Waals surface area contributed by atoms with Gasteiger partial charge in [-0.15, -0.1) is 0 Å².